The van der Waals surface area contributed by atoms with E-state index in [1.54, 1.807) is 0 Å². The van der Waals surface area contributed by atoms with Crippen LogP contribution in [0.4, 0.5) is 0 Å². The van der Waals surface area contributed by atoms with Crippen LogP contribution in [0.15, 0.2) is 23.8 Å². The predicted molar refractivity (Wildman–Crippen MR) is 124 cm³/mol. The Kier molecular flexibility index (Phi) is 6.11. The molecule has 3 fully saturated rings. The van der Waals surface area contributed by atoms with E-state index < -0.39 is 0 Å². The van der Waals surface area contributed by atoms with E-state index in [1.165, 1.54) is 57.8 Å². The van der Waals surface area contributed by atoms with Crippen LogP contribution in [0.5, 0.6) is 0 Å². The van der Waals surface area contributed by atoms with Gasteiger partial charge in [-0.2, -0.15) is 0 Å². The summed E-state index contributed by atoms with van der Waals surface area (Å²) in [7, 11) is 0. The van der Waals surface area contributed by atoms with Gasteiger partial charge in [0.15, 0.2) is 0 Å². The molecule has 4 aliphatic rings. The first-order valence-corrected chi connectivity index (χ1v) is 12.8. The number of aliphatic hydroxyl groups excluding tert-OH is 1. The first-order chi connectivity index (χ1) is 13.8. The number of rotatable bonds is 5. The van der Waals surface area contributed by atoms with Gasteiger partial charge in [0.25, 0.3) is 0 Å². The van der Waals surface area contributed by atoms with Gasteiger partial charge in [-0.1, -0.05) is 71.3 Å². The van der Waals surface area contributed by atoms with Crippen LogP contribution in [0, 0.1) is 52.3 Å². The van der Waals surface area contributed by atoms with Crippen molar-refractivity contribution in [3.05, 3.63) is 23.8 Å². The zero-order chi connectivity index (χ0) is 20.8. The molecular formula is C28H46O. The van der Waals surface area contributed by atoms with Crippen molar-refractivity contribution in [1.29, 1.82) is 0 Å². The van der Waals surface area contributed by atoms with Crippen LogP contribution in [0.1, 0.15) is 92.4 Å². The minimum atomic E-state index is 0.290. The first kappa shape index (κ1) is 21.7. The maximum absolute atomic E-state index is 9.45. The molecule has 0 aliphatic heterocycles. The fourth-order valence-electron chi connectivity index (χ4n) is 8.29. The van der Waals surface area contributed by atoms with Crippen LogP contribution < -0.4 is 0 Å². The molecule has 0 saturated heterocycles. The Bertz CT molecular complexity index is 647. The minimum Gasteiger partial charge on any atom is -0.396 e. The maximum Gasteiger partial charge on any atom is 0.0462 e. The third-order valence-electron chi connectivity index (χ3n) is 10.6. The monoisotopic (exact) mass is 398 g/mol. The van der Waals surface area contributed by atoms with Crippen molar-refractivity contribution < 1.29 is 5.11 Å². The van der Waals surface area contributed by atoms with Crippen LogP contribution in [-0.2, 0) is 0 Å². The lowest BCUT2D eigenvalue weighted by molar-refractivity contribution is -0.00481. The van der Waals surface area contributed by atoms with E-state index in [2.05, 4.69) is 52.8 Å². The van der Waals surface area contributed by atoms with Gasteiger partial charge in [-0.25, -0.2) is 0 Å². The molecule has 0 spiro atoms. The number of hydrogen-bond donors (Lipinski definition) is 1. The second kappa shape index (κ2) is 8.18. The van der Waals surface area contributed by atoms with E-state index in [-0.39, 0.29) is 0 Å². The van der Waals surface area contributed by atoms with Gasteiger partial charge in [0.2, 0.25) is 0 Å². The summed E-state index contributed by atoms with van der Waals surface area (Å²) in [5.41, 5.74) is 3.00. The lowest BCUT2D eigenvalue weighted by Crippen LogP contribution is -2.48. The third kappa shape index (κ3) is 3.58. The molecule has 0 aromatic rings. The maximum atomic E-state index is 9.45. The summed E-state index contributed by atoms with van der Waals surface area (Å²) in [5, 5.41) is 9.45. The average molecular weight is 399 g/mol. The smallest absolute Gasteiger partial charge is 0.0462 e. The van der Waals surface area contributed by atoms with Gasteiger partial charge < -0.3 is 5.11 Å². The normalized spacial score (nSPS) is 45.1. The zero-order valence-corrected chi connectivity index (χ0v) is 19.8. The molecular weight excluding hydrogens is 352 g/mol. The second-order valence-corrected chi connectivity index (χ2v) is 12.0. The van der Waals surface area contributed by atoms with Crippen molar-refractivity contribution in [2.75, 3.05) is 6.61 Å². The molecule has 1 N–H and O–H groups in total. The molecule has 1 nitrogen and oxygen atoms in total. The van der Waals surface area contributed by atoms with Crippen molar-refractivity contribution in [1.82, 2.24) is 0 Å². The SMILES string of the molecule is CC(CO)[C@H](C)C=C[C@@H](C)[C@H]1CC[C@H]2C3=CCC4CCCC[C@]4(C)[C@H]3CC[C@]12C. The quantitative estimate of drug-likeness (QED) is 0.478. The van der Waals surface area contributed by atoms with Gasteiger partial charge in [0.05, 0.1) is 0 Å². The van der Waals surface area contributed by atoms with E-state index >= 15 is 0 Å². The minimum absolute atomic E-state index is 0.290. The number of aliphatic hydroxyl groups is 1. The van der Waals surface area contributed by atoms with Gasteiger partial charge in [-0.15, -0.1) is 0 Å². The summed E-state index contributed by atoms with van der Waals surface area (Å²) in [6, 6.07) is 0. The highest BCUT2D eigenvalue weighted by Crippen LogP contribution is 2.66. The van der Waals surface area contributed by atoms with Crippen LogP contribution in [0.2, 0.25) is 0 Å². The Morgan fingerprint density at radius 3 is 2.48 bits per heavy atom. The van der Waals surface area contributed by atoms with E-state index in [0.717, 1.165) is 23.7 Å². The Morgan fingerprint density at radius 2 is 1.72 bits per heavy atom. The molecule has 4 aliphatic carbocycles. The predicted octanol–water partition coefficient (Wildman–Crippen LogP) is 7.41. The molecule has 0 heterocycles. The third-order valence-corrected chi connectivity index (χ3v) is 10.6. The second-order valence-electron chi connectivity index (χ2n) is 12.0. The lowest BCUT2D eigenvalue weighted by Gasteiger charge is -2.57. The van der Waals surface area contributed by atoms with E-state index in [0.29, 0.717) is 35.2 Å². The highest BCUT2D eigenvalue weighted by Gasteiger charge is 2.57. The van der Waals surface area contributed by atoms with Gasteiger partial charge in [-0.3, -0.25) is 0 Å². The van der Waals surface area contributed by atoms with E-state index in [9.17, 15) is 5.11 Å². The molecule has 3 saturated carbocycles. The summed E-state index contributed by atoms with van der Waals surface area (Å²) in [6.45, 7) is 12.5. The van der Waals surface area contributed by atoms with Crippen molar-refractivity contribution in [2.45, 2.75) is 92.4 Å². The van der Waals surface area contributed by atoms with Crippen LogP contribution in [0.25, 0.3) is 0 Å². The Labute approximate surface area is 180 Å². The summed E-state index contributed by atoms with van der Waals surface area (Å²) >= 11 is 0. The summed E-state index contributed by atoms with van der Waals surface area (Å²) in [5.74, 6) is 4.98. The summed E-state index contributed by atoms with van der Waals surface area (Å²) in [4.78, 5) is 0. The highest BCUT2D eigenvalue weighted by atomic mass is 16.3. The Hall–Kier alpha value is -0.560. The fraction of sp³-hybridized carbons (Fsp3) is 0.857. The largest absolute Gasteiger partial charge is 0.396 e. The molecule has 9 atom stereocenters. The molecule has 164 valence electrons. The zero-order valence-electron chi connectivity index (χ0n) is 19.8. The lowest BCUT2D eigenvalue weighted by atomic mass is 9.48. The molecule has 0 aromatic heterocycles. The van der Waals surface area contributed by atoms with Crippen molar-refractivity contribution in [3.8, 4) is 0 Å². The first-order valence-electron chi connectivity index (χ1n) is 12.8. The van der Waals surface area contributed by atoms with Crippen molar-refractivity contribution in [2.24, 2.45) is 52.3 Å². The molecule has 2 unspecified atom stereocenters. The molecule has 0 radical (unpaired) electrons. The Morgan fingerprint density at radius 1 is 0.966 bits per heavy atom. The van der Waals surface area contributed by atoms with Gasteiger partial charge in [0, 0.05) is 6.61 Å². The van der Waals surface area contributed by atoms with E-state index in [1.807, 2.05) is 5.57 Å². The van der Waals surface area contributed by atoms with Gasteiger partial charge in [-0.05, 0) is 97.2 Å². The van der Waals surface area contributed by atoms with Crippen molar-refractivity contribution in [3.63, 3.8) is 0 Å². The van der Waals surface area contributed by atoms with Crippen LogP contribution in [-0.4, -0.2) is 11.7 Å². The van der Waals surface area contributed by atoms with Gasteiger partial charge >= 0.3 is 0 Å². The van der Waals surface area contributed by atoms with Crippen LogP contribution in [0.3, 0.4) is 0 Å². The average Bonchev–Trinajstić information content (AvgIpc) is 3.08. The summed E-state index contributed by atoms with van der Waals surface area (Å²) < 4.78 is 0. The molecule has 0 bridgehead atoms. The number of hydrogen-bond acceptors (Lipinski definition) is 1. The molecule has 0 amide bonds. The molecule has 1 heteroatoms. The number of allylic oxidation sites excluding steroid dienone is 4. The molecule has 4 rings (SSSR count). The number of fused-ring (bicyclic) bond motifs is 5. The standard InChI is InChI=1S/C28H46O/c1-19(21(3)18-29)9-10-20(2)24-13-14-25-23-12-11-22-8-6-7-16-27(22,4)26(23)15-17-28(24,25)5/h9-10,12,19-22,24-26,29H,6-8,11,13-18H2,1-5H3/t19-,20-,21?,22?,24-,25+,26+,27+,28-/m1/s1. The topological polar surface area (TPSA) is 20.2 Å². The van der Waals surface area contributed by atoms with E-state index in [4.69, 9.17) is 0 Å². The van der Waals surface area contributed by atoms with Crippen molar-refractivity contribution >= 4 is 0 Å². The summed E-state index contributed by atoms with van der Waals surface area (Å²) in [6.07, 6.45) is 20.6. The Balaban J connectivity index is 1.52. The molecule has 29 heavy (non-hydrogen) atoms. The molecule has 0 aromatic carbocycles. The highest BCUT2D eigenvalue weighted by molar-refractivity contribution is 5.27. The van der Waals surface area contributed by atoms with Crippen LogP contribution >= 0.6 is 0 Å². The fourth-order valence-corrected chi connectivity index (χ4v) is 8.29. The van der Waals surface area contributed by atoms with Gasteiger partial charge in [0.1, 0.15) is 0 Å².